The van der Waals surface area contributed by atoms with Crippen molar-refractivity contribution in [1.29, 1.82) is 0 Å². The predicted molar refractivity (Wildman–Crippen MR) is 66.3 cm³/mol. The van der Waals surface area contributed by atoms with Crippen molar-refractivity contribution >= 4 is 5.69 Å². The lowest BCUT2D eigenvalue weighted by atomic mass is 10.1. The molecule has 1 N–H and O–H groups in total. The van der Waals surface area contributed by atoms with E-state index in [1.165, 1.54) is 0 Å². The second-order valence-corrected chi connectivity index (χ2v) is 4.24. The van der Waals surface area contributed by atoms with Gasteiger partial charge in [-0.2, -0.15) is 5.10 Å². The average molecular weight is 269 g/mol. The third kappa shape index (κ3) is 2.89. The van der Waals surface area contributed by atoms with Crippen LogP contribution < -0.4 is 5.32 Å². The molecule has 0 radical (unpaired) electrons. The number of anilines is 1. The summed E-state index contributed by atoms with van der Waals surface area (Å²) in [5.74, 6) is -2.84. The summed E-state index contributed by atoms with van der Waals surface area (Å²) in [7, 11) is 0. The van der Waals surface area contributed by atoms with E-state index < -0.39 is 17.5 Å². The number of hydrogen-bond acceptors (Lipinski definition) is 2. The molecule has 1 aromatic heterocycles. The standard InChI is InChI=1S/C13H14F3N3/c1-3-19-7-9(6-17-19)8(2)18-13-11(15)4-10(14)5-12(13)16/h4-8,18H,3H2,1-2H3. The molecule has 6 heteroatoms. The van der Waals surface area contributed by atoms with E-state index in [4.69, 9.17) is 0 Å². The first kappa shape index (κ1) is 13.5. The summed E-state index contributed by atoms with van der Waals surface area (Å²) in [6.45, 7) is 4.40. The van der Waals surface area contributed by atoms with Gasteiger partial charge in [0.1, 0.15) is 11.5 Å². The van der Waals surface area contributed by atoms with Crippen LogP contribution in [0.5, 0.6) is 0 Å². The molecule has 1 unspecified atom stereocenters. The van der Waals surface area contributed by atoms with Crippen LogP contribution in [0.3, 0.4) is 0 Å². The van der Waals surface area contributed by atoms with E-state index in [1.807, 2.05) is 6.92 Å². The molecule has 0 fully saturated rings. The zero-order chi connectivity index (χ0) is 14.0. The van der Waals surface area contributed by atoms with Gasteiger partial charge < -0.3 is 5.32 Å². The van der Waals surface area contributed by atoms with E-state index >= 15 is 0 Å². The quantitative estimate of drug-likeness (QED) is 0.920. The summed E-state index contributed by atoms with van der Waals surface area (Å²) in [5, 5.41) is 6.77. The summed E-state index contributed by atoms with van der Waals surface area (Å²) in [4.78, 5) is 0. The molecule has 0 aliphatic rings. The summed E-state index contributed by atoms with van der Waals surface area (Å²) >= 11 is 0. The fraction of sp³-hybridized carbons (Fsp3) is 0.308. The van der Waals surface area contributed by atoms with Crippen LogP contribution in [0, 0.1) is 17.5 Å². The molecular formula is C13H14F3N3. The molecule has 0 saturated carbocycles. The van der Waals surface area contributed by atoms with Crippen molar-refractivity contribution in [3.8, 4) is 0 Å². The third-order valence-electron chi connectivity index (χ3n) is 2.84. The number of hydrogen-bond donors (Lipinski definition) is 1. The zero-order valence-corrected chi connectivity index (χ0v) is 10.6. The SMILES string of the molecule is CCn1cc(C(C)Nc2c(F)cc(F)cc2F)cn1. The number of rotatable bonds is 4. The predicted octanol–water partition coefficient (Wildman–Crippen LogP) is 3.49. The van der Waals surface area contributed by atoms with E-state index in [9.17, 15) is 13.2 Å². The minimum absolute atomic E-state index is 0.335. The van der Waals surface area contributed by atoms with Crippen molar-refractivity contribution in [3.05, 3.63) is 47.5 Å². The van der Waals surface area contributed by atoms with Crippen molar-refractivity contribution in [2.75, 3.05) is 5.32 Å². The Labute approximate surface area is 109 Å². The lowest BCUT2D eigenvalue weighted by Gasteiger charge is -2.15. The molecule has 3 nitrogen and oxygen atoms in total. The van der Waals surface area contributed by atoms with Crippen LogP contribution in [-0.4, -0.2) is 9.78 Å². The van der Waals surface area contributed by atoms with Gasteiger partial charge in [-0.05, 0) is 13.8 Å². The smallest absolute Gasteiger partial charge is 0.152 e. The molecule has 0 aliphatic carbocycles. The second-order valence-electron chi connectivity index (χ2n) is 4.24. The highest BCUT2D eigenvalue weighted by molar-refractivity contribution is 5.48. The highest BCUT2D eigenvalue weighted by Gasteiger charge is 2.15. The Morgan fingerprint density at radius 1 is 1.26 bits per heavy atom. The lowest BCUT2D eigenvalue weighted by molar-refractivity contribution is 0.545. The molecule has 0 bridgehead atoms. The van der Waals surface area contributed by atoms with E-state index in [1.54, 1.807) is 24.0 Å². The maximum Gasteiger partial charge on any atom is 0.152 e. The van der Waals surface area contributed by atoms with Gasteiger partial charge in [-0.3, -0.25) is 4.68 Å². The molecule has 2 rings (SSSR count). The first-order valence-electron chi connectivity index (χ1n) is 5.94. The van der Waals surface area contributed by atoms with E-state index in [0.717, 1.165) is 5.56 Å². The van der Waals surface area contributed by atoms with Crippen LogP contribution in [0.2, 0.25) is 0 Å². The Kier molecular flexibility index (Phi) is 3.78. The van der Waals surface area contributed by atoms with Gasteiger partial charge in [0.15, 0.2) is 11.6 Å². The molecule has 1 heterocycles. The normalized spacial score (nSPS) is 12.5. The first-order chi connectivity index (χ1) is 9.01. The van der Waals surface area contributed by atoms with Crippen LogP contribution in [0.25, 0.3) is 0 Å². The topological polar surface area (TPSA) is 29.9 Å². The van der Waals surface area contributed by atoms with Gasteiger partial charge in [-0.25, -0.2) is 13.2 Å². The minimum atomic E-state index is -0.952. The van der Waals surface area contributed by atoms with Gasteiger partial charge in [-0.15, -0.1) is 0 Å². The average Bonchev–Trinajstić information content (AvgIpc) is 2.82. The Balaban J connectivity index is 2.21. The van der Waals surface area contributed by atoms with Crippen LogP contribution in [0.15, 0.2) is 24.5 Å². The summed E-state index contributed by atoms with van der Waals surface area (Å²) < 4.78 is 41.5. The Bertz CT molecular complexity index is 557. The zero-order valence-electron chi connectivity index (χ0n) is 10.6. The van der Waals surface area contributed by atoms with E-state index in [-0.39, 0.29) is 11.7 Å². The maximum atomic E-state index is 13.5. The van der Waals surface area contributed by atoms with Gasteiger partial charge in [-0.1, -0.05) is 0 Å². The highest BCUT2D eigenvalue weighted by Crippen LogP contribution is 2.25. The van der Waals surface area contributed by atoms with Gasteiger partial charge >= 0.3 is 0 Å². The number of halogens is 3. The Hall–Kier alpha value is -1.98. The number of nitrogens with zero attached hydrogens (tertiary/aromatic N) is 2. The highest BCUT2D eigenvalue weighted by atomic mass is 19.1. The minimum Gasteiger partial charge on any atom is -0.374 e. The van der Waals surface area contributed by atoms with Crippen LogP contribution >= 0.6 is 0 Å². The summed E-state index contributed by atoms with van der Waals surface area (Å²) in [6, 6.07) is 0.955. The molecule has 0 saturated heterocycles. The van der Waals surface area contributed by atoms with Crippen molar-refractivity contribution in [3.63, 3.8) is 0 Å². The third-order valence-corrected chi connectivity index (χ3v) is 2.84. The van der Waals surface area contributed by atoms with Crippen molar-refractivity contribution < 1.29 is 13.2 Å². The number of aryl methyl sites for hydroxylation is 1. The van der Waals surface area contributed by atoms with Crippen molar-refractivity contribution in [2.45, 2.75) is 26.4 Å². The molecular weight excluding hydrogens is 255 g/mol. The Morgan fingerprint density at radius 2 is 1.89 bits per heavy atom. The second kappa shape index (κ2) is 5.34. The van der Waals surface area contributed by atoms with E-state index in [2.05, 4.69) is 10.4 Å². The number of aromatic nitrogens is 2. The first-order valence-corrected chi connectivity index (χ1v) is 5.94. The molecule has 2 aromatic rings. The molecule has 0 aliphatic heterocycles. The van der Waals surface area contributed by atoms with Gasteiger partial charge in [0.25, 0.3) is 0 Å². The van der Waals surface area contributed by atoms with Crippen molar-refractivity contribution in [1.82, 2.24) is 9.78 Å². The maximum absolute atomic E-state index is 13.5. The summed E-state index contributed by atoms with van der Waals surface area (Å²) in [6.07, 6.45) is 3.41. The van der Waals surface area contributed by atoms with Gasteiger partial charge in [0.2, 0.25) is 0 Å². The molecule has 1 aromatic carbocycles. The molecule has 1 atom stereocenters. The Morgan fingerprint density at radius 3 is 2.42 bits per heavy atom. The van der Waals surface area contributed by atoms with E-state index in [0.29, 0.717) is 18.7 Å². The van der Waals surface area contributed by atoms with Crippen LogP contribution in [0.4, 0.5) is 18.9 Å². The molecule has 0 amide bonds. The fourth-order valence-electron chi connectivity index (χ4n) is 1.76. The van der Waals surface area contributed by atoms with Gasteiger partial charge in [0.05, 0.1) is 12.2 Å². The lowest BCUT2D eigenvalue weighted by Crippen LogP contribution is -2.09. The van der Waals surface area contributed by atoms with Crippen molar-refractivity contribution in [2.24, 2.45) is 0 Å². The molecule has 102 valence electrons. The monoisotopic (exact) mass is 269 g/mol. The summed E-state index contributed by atoms with van der Waals surface area (Å²) in [5.41, 5.74) is 0.461. The van der Waals surface area contributed by atoms with Gasteiger partial charge in [0, 0.05) is 30.4 Å². The molecule has 19 heavy (non-hydrogen) atoms. The number of nitrogens with one attached hydrogen (secondary N) is 1. The molecule has 0 spiro atoms. The van der Waals surface area contributed by atoms with Crippen LogP contribution in [0.1, 0.15) is 25.5 Å². The fourth-order valence-corrected chi connectivity index (χ4v) is 1.76. The largest absolute Gasteiger partial charge is 0.374 e. The van der Waals surface area contributed by atoms with Crippen LogP contribution in [-0.2, 0) is 6.54 Å². The number of benzene rings is 1.